The lowest BCUT2D eigenvalue weighted by molar-refractivity contribution is -0.140. The van der Waals surface area contributed by atoms with Crippen LogP contribution in [-0.2, 0) is 9.59 Å². The number of urea groups is 1. The fraction of sp³-hybridized carbons (Fsp3) is 0.308. The Morgan fingerprint density at radius 2 is 1.90 bits per heavy atom. The van der Waals surface area contributed by atoms with E-state index in [0.29, 0.717) is 15.9 Å². The summed E-state index contributed by atoms with van der Waals surface area (Å²) >= 11 is 3.29. The average molecular weight is 341 g/mol. The van der Waals surface area contributed by atoms with Crippen molar-refractivity contribution < 1.29 is 19.1 Å². The van der Waals surface area contributed by atoms with Crippen molar-refractivity contribution in [3.63, 3.8) is 0 Å². The predicted octanol–water partition coefficient (Wildman–Crippen LogP) is 2.07. The first-order chi connectivity index (χ1) is 9.28. The second-order valence-electron chi connectivity index (χ2n) is 4.84. The molecule has 1 saturated heterocycles. The molecule has 4 amide bonds. The van der Waals surface area contributed by atoms with Crippen molar-refractivity contribution >= 4 is 39.5 Å². The van der Waals surface area contributed by atoms with Gasteiger partial charge in [0, 0.05) is 0 Å². The van der Waals surface area contributed by atoms with E-state index in [-0.39, 0.29) is 0 Å². The molecule has 0 aliphatic carbocycles. The quantitative estimate of drug-likeness (QED) is 0.836. The number of barbiturate groups is 1. The van der Waals surface area contributed by atoms with Gasteiger partial charge in [0.25, 0.3) is 0 Å². The SMILES string of the molecule is COc1ccc(N2C(=O)NC(=O)C(C)(C)C2=O)cc1Br. The van der Waals surface area contributed by atoms with Gasteiger partial charge in [0.15, 0.2) is 0 Å². The first-order valence-electron chi connectivity index (χ1n) is 5.82. The standard InChI is InChI=1S/C13H13BrN2O4/c1-13(2)10(17)15-12(19)16(11(13)18)7-4-5-9(20-3)8(14)6-7/h4-6H,1-3H3,(H,15,17,19). The highest BCUT2D eigenvalue weighted by Gasteiger charge is 2.47. The van der Waals surface area contributed by atoms with E-state index in [0.717, 1.165) is 4.90 Å². The summed E-state index contributed by atoms with van der Waals surface area (Å²) in [5, 5.41) is 2.18. The molecule has 0 aromatic heterocycles. The van der Waals surface area contributed by atoms with Crippen molar-refractivity contribution in [1.29, 1.82) is 0 Å². The zero-order valence-corrected chi connectivity index (χ0v) is 12.8. The van der Waals surface area contributed by atoms with Crippen LogP contribution in [0, 0.1) is 5.41 Å². The highest BCUT2D eigenvalue weighted by Crippen LogP contribution is 2.33. The third kappa shape index (κ3) is 2.18. The van der Waals surface area contributed by atoms with E-state index in [1.54, 1.807) is 18.2 Å². The van der Waals surface area contributed by atoms with Gasteiger partial charge in [-0.2, -0.15) is 0 Å². The maximum atomic E-state index is 12.3. The van der Waals surface area contributed by atoms with E-state index in [4.69, 9.17) is 4.74 Å². The van der Waals surface area contributed by atoms with E-state index in [2.05, 4.69) is 21.2 Å². The number of ether oxygens (including phenoxy) is 1. The van der Waals surface area contributed by atoms with Crippen molar-refractivity contribution in [2.75, 3.05) is 12.0 Å². The van der Waals surface area contributed by atoms with Crippen LogP contribution in [0.1, 0.15) is 13.8 Å². The highest BCUT2D eigenvalue weighted by atomic mass is 79.9. The van der Waals surface area contributed by atoms with Crippen LogP contribution in [0.2, 0.25) is 0 Å². The van der Waals surface area contributed by atoms with Crippen LogP contribution in [0.3, 0.4) is 0 Å². The monoisotopic (exact) mass is 340 g/mol. The summed E-state index contributed by atoms with van der Waals surface area (Å²) in [6, 6.07) is 4.04. The van der Waals surface area contributed by atoms with Crippen molar-refractivity contribution in [3.05, 3.63) is 22.7 Å². The molecular formula is C13H13BrN2O4. The number of halogens is 1. The molecule has 0 spiro atoms. The van der Waals surface area contributed by atoms with Crippen LogP contribution in [0.4, 0.5) is 10.5 Å². The van der Waals surface area contributed by atoms with Crippen molar-refractivity contribution in [2.45, 2.75) is 13.8 Å². The molecule has 6 nitrogen and oxygen atoms in total. The largest absolute Gasteiger partial charge is 0.496 e. The normalized spacial score (nSPS) is 18.0. The third-order valence-corrected chi connectivity index (χ3v) is 3.74. The van der Waals surface area contributed by atoms with Crippen molar-refractivity contribution in [1.82, 2.24) is 5.32 Å². The minimum Gasteiger partial charge on any atom is -0.496 e. The molecule has 1 N–H and O–H groups in total. The van der Waals surface area contributed by atoms with Crippen LogP contribution in [0.5, 0.6) is 5.75 Å². The molecule has 1 aliphatic heterocycles. The number of rotatable bonds is 2. The number of carbonyl (C=O) groups excluding carboxylic acids is 3. The van der Waals surface area contributed by atoms with Gasteiger partial charge in [0.2, 0.25) is 11.8 Å². The van der Waals surface area contributed by atoms with Gasteiger partial charge in [-0.05, 0) is 48.0 Å². The number of nitrogens with zero attached hydrogens (tertiary/aromatic N) is 1. The van der Waals surface area contributed by atoms with Gasteiger partial charge in [0.1, 0.15) is 11.2 Å². The second-order valence-corrected chi connectivity index (χ2v) is 5.70. The van der Waals surface area contributed by atoms with E-state index in [1.165, 1.54) is 21.0 Å². The molecule has 0 bridgehead atoms. The minimum atomic E-state index is -1.29. The summed E-state index contributed by atoms with van der Waals surface area (Å²) in [6.07, 6.45) is 0. The van der Waals surface area contributed by atoms with Gasteiger partial charge in [-0.1, -0.05) is 0 Å². The molecule has 2 rings (SSSR count). The number of benzene rings is 1. The smallest absolute Gasteiger partial charge is 0.335 e. The number of nitrogens with one attached hydrogen (secondary N) is 1. The van der Waals surface area contributed by atoms with E-state index >= 15 is 0 Å². The number of carbonyl (C=O) groups is 3. The molecule has 1 heterocycles. The molecule has 1 aromatic rings. The third-order valence-electron chi connectivity index (χ3n) is 3.12. The van der Waals surface area contributed by atoms with E-state index in [9.17, 15) is 14.4 Å². The highest BCUT2D eigenvalue weighted by molar-refractivity contribution is 9.10. The number of anilines is 1. The maximum absolute atomic E-state index is 12.3. The zero-order valence-electron chi connectivity index (χ0n) is 11.2. The Labute approximate surface area is 124 Å². The molecule has 7 heteroatoms. The lowest BCUT2D eigenvalue weighted by atomic mass is 9.88. The first kappa shape index (κ1) is 14.5. The number of imide groups is 2. The summed E-state index contributed by atoms with van der Waals surface area (Å²) in [7, 11) is 1.51. The van der Waals surface area contributed by atoms with E-state index < -0.39 is 23.3 Å². The molecule has 1 fully saturated rings. The van der Waals surface area contributed by atoms with Gasteiger partial charge in [-0.3, -0.25) is 14.9 Å². The predicted molar refractivity (Wildman–Crippen MR) is 75.5 cm³/mol. The maximum Gasteiger partial charge on any atom is 0.335 e. The molecule has 0 unspecified atom stereocenters. The first-order valence-corrected chi connectivity index (χ1v) is 6.62. The lowest BCUT2D eigenvalue weighted by Gasteiger charge is -2.34. The lowest BCUT2D eigenvalue weighted by Crippen LogP contribution is -2.62. The van der Waals surface area contributed by atoms with Crippen molar-refractivity contribution in [3.8, 4) is 5.75 Å². The number of amides is 4. The second kappa shape index (κ2) is 4.90. The van der Waals surface area contributed by atoms with Gasteiger partial charge >= 0.3 is 6.03 Å². The number of hydrogen-bond acceptors (Lipinski definition) is 4. The van der Waals surface area contributed by atoms with Gasteiger partial charge < -0.3 is 4.74 Å². The van der Waals surface area contributed by atoms with Crippen LogP contribution in [0.15, 0.2) is 22.7 Å². The minimum absolute atomic E-state index is 0.362. The summed E-state index contributed by atoms with van der Waals surface area (Å²) < 4.78 is 5.70. The van der Waals surface area contributed by atoms with Crippen LogP contribution >= 0.6 is 15.9 Å². The van der Waals surface area contributed by atoms with Gasteiger partial charge in [0.05, 0.1) is 17.3 Å². The molecule has 0 atom stereocenters. The summed E-state index contributed by atoms with van der Waals surface area (Å²) in [5.74, 6) is -0.589. The number of hydrogen-bond donors (Lipinski definition) is 1. The molecule has 0 radical (unpaired) electrons. The van der Waals surface area contributed by atoms with Crippen LogP contribution in [0.25, 0.3) is 0 Å². The van der Waals surface area contributed by atoms with E-state index in [1.807, 2.05) is 0 Å². The molecular weight excluding hydrogens is 328 g/mol. The molecule has 20 heavy (non-hydrogen) atoms. The summed E-state index contributed by atoms with van der Waals surface area (Å²) in [5.41, 5.74) is -0.930. The molecule has 1 aromatic carbocycles. The Kier molecular flexibility index (Phi) is 3.56. The van der Waals surface area contributed by atoms with Gasteiger partial charge in [-0.15, -0.1) is 0 Å². The number of methoxy groups -OCH3 is 1. The topological polar surface area (TPSA) is 75.7 Å². The van der Waals surface area contributed by atoms with Crippen LogP contribution < -0.4 is 15.0 Å². The average Bonchev–Trinajstić information content (AvgIpc) is 2.37. The van der Waals surface area contributed by atoms with Crippen LogP contribution in [-0.4, -0.2) is 25.0 Å². The Bertz CT molecular complexity index is 612. The molecule has 106 valence electrons. The van der Waals surface area contributed by atoms with Crippen molar-refractivity contribution in [2.24, 2.45) is 5.41 Å². The Hall–Kier alpha value is -1.89. The Morgan fingerprint density at radius 3 is 2.45 bits per heavy atom. The fourth-order valence-electron chi connectivity index (χ4n) is 1.81. The zero-order chi connectivity index (χ0) is 15.1. The Morgan fingerprint density at radius 1 is 1.25 bits per heavy atom. The molecule has 0 saturated carbocycles. The summed E-state index contributed by atoms with van der Waals surface area (Å²) in [6.45, 7) is 2.95. The summed E-state index contributed by atoms with van der Waals surface area (Å²) in [4.78, 5) is 36.8. The Balaban J connectivity index is 2.46. The fourth-order valence-corrected chi connectivity index (χ4v) is 2.34. The molecule has 1 aliphatic rings. The van der Waals surface area contributed by atoms with Gasteiger partial charge in [-0.25, -0.2) is 9.69 Å².